The van der Waals surface area contributed by atoms with E-state index < -0.39 is 6.04 Å². The molecule has 0 radical (unpaired) electrons. The number of unbranched alkanes of at least 4 members (excludes halogenated alkanes) is 1. The lowest BCUT2D eigenvalue weighted by Crippen LogP contribution is -2.41. The largest absolute Gasteiger partial charge is 0.340 e. The van der Waals surface area contributed by atoms with Crippen molar-refractivity contribution in [2.75, 3.05) is 11.9 Å². The van der Waals surface area contributed by atoms with Crippen LogP contribution in [0.1, 0.15) is 30.4 Å². The van der Waals surface area contributed by atoms with Gasteiger partial charge in [-0.05, 0) is 60.3 Å². The zero-order chi connectivity index (χ0) is 24.9. The Hall–Kier alpha value is -4.08. The van der Waals surface area contributed by atoms with Crippen molar-refractivity contribution in [1.29, 1.82) is 0 Å². The topological polar surface area (TPSA) is 139 Å². The molecule has 0 spiro atoms. The lowest BCUT2D eigenvalue weighted by Gasteiger charge is -2.20. The lowest BCUT2D eigenvalue weighted by molar-refractivity contribution is -0.133. The second-order valence-corrected chi connectivity index (χ2v) is 9.02. The van der Waals surface area contributed by atoms with Crippen molar-refractivity contribution < 1.29 is 4.79 Å². The second-order valence-electron chi connectivity index (χ2n) is 9.02. The summed E-state index contributed by atoms with van der Waals surface area (Å²) >= 11 is 0. The van der Waals surface area contributed by atoms with Gasteiger partial charge < -0.3 is 21.7 Å². The third-order valence-corrected chi connectivity index (χ3v) is 6.43. The fourth-order valence-electron chi connectivity index (χ4n) is 4.43. The number of aromatic amines is 1. The number of anilines is 2. The maximum atomic E-state index is 12.8. The molecule has 0 fully saturated rings. The number of nitrogens with two attached hydrogens (primary N) is 2. The maximum absolute atomic E-state index is 12.8. The van der Waals surface area contributed by atoms with Gasteiger partial charge in [-0.2, -0.15) is 5.10 Å². The molecule has 0 saturated carbocycles. The molecule has 4 aromatic rings. The van der Waals surface area contributed by atoms with Crippen LogP contribution in [0.4, 0.5) is 11.5 Å². The number of hydrogen-bond donors (Lipinski definition) is 4. The van der Waals surface area contributed by atoms with Gasteiger partial charge in [0, 0.05) is 42.3 Å². The Morgan fingerprint density at radius 3 is 2.61 bits per heavy atom. The molecule has 1 aliphatic rings. The number of nitrogens with one attached hydrogen (secondary N) is 2. The maximum Gasteiger partial charge on any atom is 0.240 e. The van der Waals surface area contributed by atoms with Crippen LogP contribution in [0.5, 0.6) is 0 Å². The van der Waals surface area contributed by atoms with Gasteiger partial charge in [0.1, 0.15) is 5.82 Å². The van der Waals surface area contributed by atoms with Crippen LogP contribution in [-0.2, 0) is 17.9 Å². The van der Waals surface area contributed by atoms with Crippen molar-refractivity contribution in [2.45, 2.75) is 38.4 Å². The number of H-pyrrole nitrogens is 1. The molecule has 1 unspecified atom stereocenters. The van der Waals surface area contributed by atoms with Crippen molar-refractivity contribution in [3.05, 3.63) is 78.2 Å². The molecule has 0 aliphatic carbocycles. The molecule has 36 heavy (non-hydrogen) atoms. The smallest absolute Gasteiger partial charge is 0.240 e. The predicted molar refractivity (Wildman–Crippen MR) is 140 cm³/mol. The molecule has 2 aromatic carbocycles. The quantitative estimate of drug-likeness (QED) is 0.267. The molecule has 5 rings (SSSR count). The molecule has 0 bridgehead atoms. The van der Waals surface area contributed by atoms with E-state index in [4.69, 9.17) is 16.5 Å². The average Bonchev–Trinajstić information content (AvgIpc) is 3.59. The van der Waals surface area contributed by atoms with Crippen LogP contribution >= 0.6 is 0 Å². The summed E-state index contributed by atoms with van der Waals surface area (Å²) in [5.74, 6) is 1.32. The highest BCUT2D eigenvalue weighted by molar-refractivity contribution is 5.82. The lowest BCUT2D eigenvalue weighted by atomic mass is 10.1. The van der Waals surface area contributed by atoms with Crippen LogP contribution in [0.2, 0.25) is 0 Å². The first-order valence-corrected chi connectivity index (χ1v) is 12.2. The molecule has 6 N–H and O–H groups in total. The van der Waals surface area contributed by atoms with E-state index in [0.29, 0.717) is 37.7 Å². The summed E-state index contributed by atoms with van der Waals surface area (Å²) in [6.07, 6.45) is 7.81. The molecule has 9 heteroatoms. The van der Waals surface area contributed by atoms with Crippen molar-refractivity contribution in [2.24, 2.45) is 11.5 Å². The highest BCUT2D eigenvalue weighted by Gasteiger charge is 2.27. The summed E-state index contributed by atoms with van der Waals surface area (Å²) in [6, 6.07) is 15.6. The Morgan fingerprint density at radius 2 is 1.83 bits per heavy atom. The highest BCUT2D eigenvalue weighted by Crippen LogP contribution is 2.29. The van der Waals surface area contributed by atoms with Crippen LogP contribution in [0.15, 0.2) is 67.1 Å². The van der Waals surface area contributed by atoms with E-state index in [1.165, 1.54) is 0 Å². The van der Waals surface area contributed by atoms with Crippen molar-refractivity contribution in [3.8, 4) is 22.5 Å². The van der Waals surface area contributed by atoms with Crippen LogP contribution in [0, 0.1) is 0 Å². The highest BCUT2D eigenvalue weighted by atomic mass is 16.2. The first-order valence-electron chi connectivity index (χ1n) is 12.2. The Bertz CT molecular complexity index is 1320. The van der Waals surface area contributed by atoms with Crippen molar-refractivity contribution in [3.63, 3.8) is 0 Å². The average molecular weight is 483 g/mol. The SMILES string of the molecule is NCCCCC(N)C(=O)N1Cc2ccc(-c3nccc(Nc4ccc(-c5cn[nH]c5)cc4)n3)cc2C1. The van der Waals surface area contributed by atoms with Gasteiger partial charge in [-0.15, -0.1) is 0 Å². The summed E-state index contributed by atoms with van der Waals surface area (Å²) < 4.78 is 0. The minimum absolute atomic E-state index is 0.00833. The third kappa shape index (κ3) is 5.27. The molecular weight excluding hydrogens is 452 g/mol. The standard InChI is InChI=1S/C27H30N8O/c28-11-2-1-3-24(29)27(36)35-16-20-5-4-19(13-21(20)17-35)26-30-12-10-25(34-26)33-23-8-6-18(7-9-23)22-14-31-32-15-22/h4-10,12-15,24H,1-3,11,16-17,28-29H2,(H,31,32)(H,30,33,34). The molecular formula is C27H30N8O. The number of fused-ring (bicyclic) bond motifs is 1. The van der Waals surface area contributed by atoms with Gasteiger partial charge in [0.2, 0.25) is 5.91 Å². The number of benzene rings is 2. The van der Waals surface area contributed by atoms with Crippen LogP contribution < -0.4 is 16.8 Å². The van der Waals surface area contributed by atoms with E-state index >= 15 is 0 Å². The number of aromatic nitrogens is 4. The third-order valence-electron chi connectivity index (χ3n) is 6.43. The molecule has 3 heterocycles. The van der Waals surface area contributed by atoms with Gasteiger partial charge in [-0.1, -0.05) is 30.7 Å². The van der Waals surface area contributed by atoms with Crippen molar-refractivity contribution in [1.82, 2.24) is 25.1 Å². The Labute approximate surface area is 210 Å². The van der Waals surface area contributed by atoms with Gasteiger partial charge in [0.05, 0.1) is 12.2 Å². The number of amides is 1. The van der Waals surface area contributed by atoms with E-state index in [-0.39, 0.29) is 5.91 Å². The number of nitrogens with zero attached hydrogens (tertiary/aromatic N) is 4. The van der Waals surface area contributed by atoms with Crippen LogP contribution in [0.25, 0.3) is 22.5 Å². The number of hydrogen-bond acceptors (Lipinski definition) is 7. The Morgan fingerprint density at radius 1 is 1.03 bits per heavy atom. The van der Waals surface area contributed by atoms with E-state index in [1.807, 2.05) is 47.5 Å². The van der Waals surface area contributed by atoms with Gasteiger partial charge in [-0.3, -0.25) is 9.89 Å². The van der Waals surface area contributed by atoms with E-state index in [9.17, 15) is 4.79 Å². The normalized spacial score (nSPS) is 13.4. The second kappa shape index (κ2) is 10.7. The Kier molecular flexibility index (Phi) is 7.01. The van der Waals surface area contributed by atoms with E-state index in [2.05, 4.69) is 32.6 Å². The fourth-order valence-corrected chi connectivity index (χ4v) is 4.43. The number of rotatable bonds is 9. The molecule has 1 amide bonds. The van der Waals surface area contributed by atoms with Crippen LogP contribution in [-0.4, -0.2) is 43.6 Å². The molecule has 0 saturated heterocycles. The fraction of sp³-hybridized carbons (Fsp3) is 0.259. The van der Waals surface area contributed by atoms with Crippen LogP contribution in [0.3, 0.4) is 0 Å². The first-order chi connectivity index (χ1) is 17.6. The number of carbonyl (C=O) groups excluding carboxylic acids is 1. The number of carbonyl (C=O) groups is 1. The van der Waals surface area contributed by atoms with E-state index in [0.717, 1.165) is 46.3 Å². The molecule has 1 atom stereocenters. The van der Waals surface area contributed by atoms with E-state index in [1.54, 1.807) is 12.4 Å². The zero-order valence-electron chi connectivity index (χ0n) is 20.0. The Balaban J connectivity index is 1.26. The van der Waals surface area contributed by atoms with Gasteiger partial charge in [0.25, 0.3) is 0 Å². The minimum Gasteiger partial charge on any atom is -0.340 e. The summed E-state index contributed by atoms with van der Waals surface area (Å²) in [4.78, 5) is 23.8. The minimum atomic E-state index is -0.481. The summed E-state index contributed by atoms with van der Waals surface area (Å²) in [5, 5.41) is 10.2. The predicted octanol–water partition coefficient (Wildman–Crippen LogP) is 3.58. The monoisotopic (exact) mass is 482 g/mol. The van der Waals surface area contributed by atoms with Crippen molar-refractivity contribution >= 4 is 17.4 Å². The summed E-state index contributed by atoms with van der Waals surface area (Å²) in [7, 11) is 0. The first kappa shape index (κ1) is 23.7. The van der Waals surface area contributed by atoms with Gasteiger partial charge in [0.15, 0.2) is 5.82 Å². The van der Waals surface area contributed by atoms with Gasteiger partial charge in [-0.25, -0.2) is 9.97 Å². The molecule has 2 aromatic heterocycles. The molecule has 184 valence electrons. The molecule has 9 nitrogen and oxygen atoms in total. The summed E-state index contributed by atoms with van der Waals surface area (Å²) in [5.41, 5.74) is 17.9. The summed E-state index contributed by atoms with van der Waals surface area (Å²) in [6.45, 7) is 1.75. The van der Waals surface area contributed by atoms with Gasteiger partial charge >= 0.3 is 0 Å². The zero-order valence-corrected chi connectivity index (χ0v) is 20.0. The molecule has 1 aliphatic heterocycles.